The van der Waals surface area contributed by atoms with Crippen LogP contribution in [0.1, 0.15) is 22.3 Å². The molecule has 11 rings (SSSR count). The van der Waals surface area contributed by atoms with Gasteiger partial charge in [0.1, 0.15) is 0 Å². The molecule has 2 heterocycles. The van der Waals surface area contributed by atoms with E-state index in [1.54, 1.807) is 0 Å². The van der Waals surface area contributed by atoms with Crippen LogP contribution in [0.3, 0.4) is 0 Å². The first-order valence-corrected chi connectivity index (χ1v) is 19.9. The molecule has 0 saturated carbocycles. The smallest absolute Gasteiger partial charge is 0.160 e. The molecule has 8 aromatic carbocycles. The molecule has 0 unspecified atom stereocenters. The van der Waals surface area contributed by atoms with Crippen LogP contribution in [0.5, 0.6) is 0 Å². The van der Waals surface area contributed by atoms with Gasteiger partial charge in [-0.15, -0.1) is 0 Å². The van der Waals surface area contributed by atoms with E-state index in [0.717, 1.165) is 28.1 Å². The lowest BCUT2D eigenvalue weighted by Crippen LogP contribution is -2.31. The van der Waals surface area contributed by atoms with Crippen molar-refractivity contribution < 1.29 is 0 Å². The summed E-state index contributed by atoms with van der Waals surface area (Å²) in [6.45, 7) is 0. The quantitative estimate of drug-likeness (QED) is 0.176. The molecule has 0 radical (unpaired) electrons. The van der Waals surface area contributed by atoms with E-state index in [2.05, 4.69) is 182 Å². The predicted octanol–water partition coefficient (Wildman–Crippen LogP) is 13.6. The first kappa shape index (κ1) is 32.6. The lowest BCUT2D eigenvalue weighted by molar-refractivity contribution is 0.722. The SMILES string of the molecule is c1ccc(-c2ccc(-c3cc(-c4ccc(-c5ccc6c(c5)Sc5ccccc5C65c6ccccc6-c6ccccc65)cc4)nc(-c4ccccc4)n3)cc2)cc1. The molecule has 0 bridgehead atoms. The zero-order valence-electron chi connectivity index (χ0n) is 30.4. The van der Waals surface area contributed by atoms with E-state index >= 15 is 0 Å². The van der Waals surface area contributed by atoms with Crippen molar-refractivity contribution >= 4 is 11.8 Å². The summed E-state index contributed by atoms with van der Waals surface area (Å²) in [5.74, 6) is 0.713. The zero-order valence-corrected chi connectivity index (χ0v) is 31.2. The fourth-order valence-corrected chi connectivity index (χ4v) is 10.0. The maximum atomic E-state index is 5.11. The fourth-order valence-electron chi connectivity index (χ4n) is 8.80. The van der Waals surface area contributed by atoms with Crippen molar-refractivity contribution in [3.63, 3.8) is 0 Å². The summed E-state index contributed by atoms with van der Waals surface area (Å²) in [6.07, 6.45) is 0. The fraction of sp³-hybridized carbons (Fsp3) is 0.0189. The van der Waals surface area contributed by atoms with Gasteiger partial charge in [-0.05, 0) is 73.8 Å². The van der Waals surface area contributed by atoms with Gasteiger partial charge in [-0.3, -0.25) is 0 Å². The van der Waals surface area contributed by atoms with Gasteiger partial charge in [0.05, 0.1) is 16.8 Å². The van der Waals surface area contributed by atoms with Crippen LogP contribution in [0.15, 0.2) is 216 Å². The molecule has 262 valence electrons. The highest BCUT2D eigenvalue weighted by Crippen LogP contribution is 2.62. The van der Waals surface area contributed by atoms with Gasteiger partial charge < -0.3 is 0 Å². The van der Waals surface area contributed by atoms with E-state index in [1.165, 1.54) is 65.4 Å². The molecule has 0 amide bonds. The minimum absolute atomic E-state index is 0.365. The Bertz CT molecular complexity index is 2870. The van der Waals surface area contributed by atoms with E-state index in [0.29, 0.717) is 5.82 Å². The number of aromatic nitrogens is 2. The Labute approximate surface area is 331 Å². The summed E-state index contributed by atoms with van der Waals surface area (Å²) < 4.78 is 0. The van der Waals surface area contributed by atoms with Crippen molar-refractivity contribution in [2.24, 2.45) is 0 Å². The maximum Gasteiger partial charge on any atom is 0.160 e. The second-order valence-corrected chi connectivity index (χ2v) is 15.6. The van der Waals surface area contributed by atoms with E-state index in [9.17, 15) is 0 Å². The van der Waals surface area contributed by atoms with Gasteiger partial charge in [-0.1, -0.05) is 200 Å². The maximum absolute atomic E-state index is 5.11. The molecule has 3 heteroatoms. The minimum atomic E-state index is -0.365. The second kappa shape index (κ2) is 13.2. The van der Waals surface area contributed by atoms with E-state index in [-0.39, 0.29) is 5.41 Å². The third-order valence-corrected chi connectivity index (χ3v) is 12.5. The number of fused-ring (bicyclic) bond motifs is 9. The molecular formula is C53H34N2S. The van der Waals surface area contributed by atoms with Crippen LogP contribution in [0.4, 0.5) is 0 Å². The highest BCUT2D eigenvalue weighted by Gasteiger charge is 2.50. The van der Waals surface area contributed by atoms with Crippen LogP contribution >= 0.6 is 11.8 Å². The first-order chi connectivity index (χ1) is 27.7. The van der Waals surface area contributed by atoms with Crippen LogP contribution in [-0.4, -0.2) is 9.97 Å². The highest BCUT2D eigenvalue weighted by molar-refractivity contribution is 7.99. The molecule has 0 N–H and O–H groups in total. The largest absolute Gasteiger partial charge is 0.228 e. The Morgan fingerprint density at radius 2 is 0.732 bits per heavy atom. The Kier molecular flexibility index (Phi) is 7.68. The van der Waals surface area contributed by atoms with E-state index < -0.39 is 0 Å². The van der Waals surface area contributed by atoms with E-state index in [1.807, 2.05) is 36.0 Å². The second-order valence-electron chi connectivity index (χ2n) is 14.5. The van der Waals surface area contributed by atoms with Crippen molar-refractivity contribution in [3.8, 4) is 67.3 Å². The Hall–Kier alpha value is -6.81. The standard InChI is InChI=1S/C53H34N2S/c1-3-13-35(14-4-1)36-23-27-38(28-24-36)48-34-49(55-52(54-48)40-15-5-2-6-16-40)39-29-25-37(26-30-39)41-31-32-47-51(33-41)56-50-22-12-11-21-46(50)53(47)44-19-9-7-17-42(44)43-18-8-10-20-45(43)53/h1-34H. The average molecular weight is 731 g/mol. The van der Waals surface area contributed by atoms with Gasteiger partial charge in [-0.2, -0.15) is 0 Å². The number of rotatable bonds is 5. The molecule has 1 aliphatic carbocycles. The Balaban J connectivity index is 0.983. The van der Waals surface area contributed by atoms with Crippen molar-refractivity contribution in [2.75, 3.05) is 0 Å². The molecule has 1 aromatic heterocycles. The summed E-state index contributed by atoms with van der Waals surface area (Å²) in [5.41, 5.74) is 17.3. The Morgan fingerprint density at radius 1 is 0.304 bits per heavy atom. The third-order valence-electron chi connectivity index (χ3n) is 11.4. The molecule has 0 atom stereocenters. The topological polar surface area (TPSA) is 25.8 Å². The lowest BCUT2D eigenvalue weighted by Gasteiger charge is -2.39. The summed E-state index contributed by atoms with van der Waals surface area (Å²) in [5, 5.41) is 0. The van der Waals surface area contributed by atoms with Crippen molar-refractivity contribution in [3.05, 3.63) is 229 Å². The summed E-state index contributed by atoms with van der Waals surface area (Å²) in [6, 6.07) is 74.4. The normalized spacial score (nSPS) is 13.1. The van der Waals surface area contributed by atoms with Gasteiger partial charge in [0, 0.05) is 26.5 Å². The average Bonchev–Trinajstić information content (AvgIpc) is 3.57. The minimum Gasteiger partial charge on any atom is -0.228 e. The lowest BCUT2D eigenvalue weighted by atomic mass is 9.67. The molecule has 2 nitrogen and oxygen atoms in total. The number of hydrogen-bond donors (Lipinski definition) is 0. The van der Waals surface area contributed by atoms with Crippen molar-refractivity contribution in [2.45, 2.75) is 15.2 Å². The highest BCUT2D eigenvalue weighted by atomic mass is 32.2. The molecule has 0 fully saturated rings. The van der Waals surface area contributed by atoms with E-state index in [4.69, 9.17) is 9.97 Å². The van der Waals surface area contributed by atoms with Crippen molar-refractivity contribution in [1.82, 2.24) is 9.97 Å². The molecule has 2 aliphatic rings. The molecule has 56 heavy (non-hydrogen) atoms. The van der Waals surface area contributed by atoms with Gasteiger partial charge in [-0.25, -0.2) is 9.97 Å². The van der Waals surface area contributed by atoms with Gasteiger partial charge in [0.2, 0.25) is 0 Å². The van der Waals surface area contributed by atoms with Crippen LogP contribution < -0.4 is 0 Å². The molecule has 9 aromatic rings. The monoisotopic (exact) mass is 730 g/mol. The Morgan fingerprint density at radius 3 is 1.34 bits per heavy atom. The van der Waals surface area contributed by atoms with Gasteiger partial charge >= 0.3 is 0 Å². The number of nitrogens with zero attached hydrogens (tertiary/aromatic N) is 2. The number of hydrogen-bond acceptors (Lipinski definition) is 3. The molecular weight excluding hydrogens is 697 g/mol. The van der Waals surface area contributed by atoms with Crippen LogP contribution in [0.2, 0.25) is 0 Å². The van der Waals surface area contributed by atoms with Gasteiger partial charge in [0.15, 0.2) is 5.82 Å². The third kappa shape index (κ3) is 5.20. The zero-order chi connectivity index (χ0) is 37.1. The summed E-state index contributed by atoms with van der Waals surface area (Å²) in [7, 11) is 0. The van der Waals surface area contributed by atoms with Crippen LogP contribution in [0, 0.1) is 0 Å². The molecule has 0 saturated heterocycles. The van der Waals surface area contributed by atoms with Crippen LogP contribution in [0.25, 0.3) is 67.3 Å². The predicted molar refractivity (Wildman–Crippen MR) is 231 cm³/mol. The van der Waals surface area contributed by atoms with Crippen LogP contribution in [-0.2, 0) is 5.41 Å². The summed E-state index contributed by atoms with van der Waals surface area (Å²) >= 11 is 1.88. The summed E-state index contributed by atoms with van der Waals surface area (Å²) in [4.78, 5) is 12.8. The van der Waals surface area contributed by atoms with Crippen molar-refractivity contribution in [1.29, 1.82) is 0 Å². The molecule has 1 spiro atoms. The number of benzene rings is 8. The molecule has 1 aliphatic heterocycles. The van der Waals surface area contributed by atoms with Gasteiger partial charge in [0.25, 0.3) is 0 Å². The first-order valence-electron chi connectivity index (χ1n) is 19.1.